The molecule has 1 aromatic rings. The summed E-state index contributed by atoms with van der Waals surface area (Å²) in [7, 11) is 0. The molecule has 2 atom stereocenters. The maximum absolute atomic E-state index is 12.3. The zero-order valence-electron chi connectivity index (χ0n) is 11.2. The van der Waals surface area contributed by atoms with Crippen LogP contribution in [0.2, 0.25) is 0 Å². The van der Waals surface area contributed by atoms with E-state index in [1.807, 2.05) is 18.2 Å². The highest BCUT2D eigenvalue weighted by atomic mass is 32.1. The van der Waals surface area contributed by atoms with Gasteiger partial charge in [-0.2, -0.15) is 0 Å². The van der Waals surface area contributed by atoms with Gasteiger partial charge < -0.3 is 20.1 Å². The molecular weight excluding hydrogens is 288 g/mol. The molecule has 3 aliphatic rings. The average molecular weight is 302 g/mol. The molecule has 6 heteroatoms. The molecule has 21 heavy (non-hydrogen) atoms. The summed E-state index contributed by atoms with van der Waals surface area (Å²) in [5.74, 6) is 1.47. The molecule has 0 aromatic heterocycles. The first-order valence-corrected chi connectivity index (χ1v) is 7.33. The van der Waals surface area contributed by atoms with Gasteiger partial charge in [0, 0.05) is 12.1 Å². The second-order valence-electron chi connectivity index (χ2n) is 5.33. The van der Waals surface area contributed by atoms with Gasteiger partial charge in [-0.05, 0) is 36.3 Å². The summed E-state index contributed by atoms with van der Waals surface area (Å²) in [5.41, 5.74) is 1.90. The third kappa shape index (κ3) is 2.06. The fraction of sp³-hybridized carbons (Fsp3) is 0.333. The van der Waals surface area contributed by atoms with E-state index in [-0.39, 0.29) is 24.5 Å². The number of fused-ring (bicyclic) bond motifs is 2. The lowest BCUT2D eigenvalue weighted by Crippen LogP contribution is -2.51. The number of Topliss-reactive ketones (excluding diaryl/α,β-unsaturated/α-hetero) is 1. The van der Waals surface area contributed by atoms with Gasteiger partial charge in [0.1, 0.15) is 5.78 Å². The number of ether oxygens (including phenoxy) is 2. The summed E-state index contributed by atoms with van der Waals surface area (Å²) in [5, 5.41) is 6.87. The number of carbonyl (C=O) groups is 1. The Morgan fingerprint density at radius 1 is 1.24 bits per heavy atom. The molecule has 2 N–H and O–H groups in total. The van der Waals surface area contributed by atoms with Crippen molar-refractivity contribution in [1.82, 2.24) is 10.6 Å². The van der Waals surface area contributed by atoms with E-state index in [0.717, 1.165) is 23.4 Å². The van der Waals surface area contributed by atoms with Gasteiger partial charge in [-0.25, -0.2) is 0 Å². The molecule has 5 nitrogen and oxygen atoms in total. The lowest BCUT2D eigenvalue weighted by atomic mass is 9.80. The Morgan fingerprint density at radius 2 is 2.10 bits per heavy atom. The van der Waals surface area contributed by atoms with Gasteiger partial charge in [0.2, 0.25) is 6.79 Å². The molecule has 4 rings (SSSR count). The van der Waals surface area contributed by atoms with Crippen molar-refractivity contribution in [1.29, 1.82) is 0 Å². The highest BCUT2D eigenvalue weighted by Crippen LogP contribution is 2.39. The quantitative estimate of drug-likeness (QED) is 0.772. The molecule has 0 bridgehead atoms. The Balaban J connectivity index is 1.75. The van der Waals surface area contributed by atoms with Gasteiger partial charge in [0.15, 0.2) is 16.6 Å². The first kappa shape index (κ1) is 12.6. The zero-order chi connectivity index (χ0) is 14.4. The molecule has 2 heterocycles. The van der Waals surface area contributed by atoms with Crippen molar-refractivity contribution in [3.63, 3.8) is 0 Å². The smallest absolute Gasteiger partial charge is 0.231 e. The predicted octanol–water partition coefficient (Wildman–Crippen LogP) is 1.80. The number of hydrogen-bond acceptors (Lipinski definition) is 4. The zero-order valence-corrected chi connectivity index (χ0v) is 12.0. The first-order valence-electron chi connectivity index (χ1n) is 6.92. The van der Waals surface area contributed by atoms with Gasteiger partial charge in [-0.15, -0.1) is 0 Å². The molecule has 108 valence electrons. The van der Waals surface area contributed by atoms with Gasteiger partial charge in [0.05, 0.1) is 12.0 Å². The maximum Gasteiger partial charge on any atom is 0.231 e. The van der Waals surface area contributed by atoms with Crippen LogP contribution in [0.15, 0.2) is 30.0 Å². The van der Waals surface area contributed by atoms with Crippen LogP contribution in [-0.4, -0.2) is 17.7 Å². The maximum atomic E-state index is 12.3. The molecular formula is C15H14N2O3S. The fourth-order valence-electron chi connectivity index (χ4n) is 3.09. The van der Waals surface area contributed by atoms with Crippen molar-refractivity contribution in [3.05, 3.63) is 35.5 Å². The van der Waals surface area contributed by atoms with Crippen LogP contribution in [-0.2, 0) is 4.79 Å². The summed E-state index contributed by atoms with van der Waals surface area (Å²) >= 11 is 5.26. The Bertz CT molecular complexity index is 671. The Hall–Kier alpha value is -2.08. The lowest BCUT2D eigenvalue weighted by Gasteiger charge is -2.37. The van der Waals surface area contributed by atoms with E-state index in [2.05, 4.69) is 16.7 Å². The standard InChI is InChI=1S/C15H14N2O3S/c18-10-3-1-2-9-13(10)14(17-15(21)16-9)8-4-5-11-12(6-8)20-7-19-11/h2,4-6,13-14H,1,3,7H2,(H2,16,17,21)/t13-,14-/m0/s1. The van der Waals surface area contributed by atoms with Crippen molar-refractivity contribution in [2.45, 2.75) is 18.9 Å². The largest absolute Gasteiger partial charge is 0.454 e. The number of nitrogens with one attached hydrogen (secondary N) is 2. The van der Waals surface area contributed by atoms with E-state index in [1.54, 1.807) is 0 Å². The summed E-state index contributed by atoms with van der Waals surface area (Å²) in [6.45, 7) is 0.240. The molecule has 0 amide bonds. The topological polar surface area (TPSA) is 59.6 Å². The summed E-state index contributed by atoms with van der Waals surface area (Å²) in [6.07, 6.45) is 3.42. The third-order valence-corrected chi connectivity index (χ3v) is 4.29. The van der Waals surface area contributed by atoms with Crippen molar-refractivity contribution in [2.75, 3.05) is 6.79 Å². The Morgan fingerprint density at radius 3 is 3.00 bits per heavy atom. The van der Waals surface area contributed by atoms with Crippen LogP contribution in [0.3, 0.4) is 0 Å². The molecule has 2 aliphatic heterocycles. The second kappa shape index (κ2) is 4.73. The van der Waals surface area contributed by atoms with Crippen LogP contribution in [0.5, 0.6) is 11.5 Å². The number of benzene rings is 1. The van der Waals surface area contributed by atoms with E-state index in [4.69, 9.17) is 21.7 Å². The molecule has 1 saturated heterocycles. The Kier molecular flexibility index (Phi) is 2.85. The number of hydrogen-bond donors (Lipinski definition) is 2. The molecule has 0 unspecified atom stereocenters. The van der Waals surface area contributed by atoms with Crippen LogP contribution in [0, 0.1) is 5.92 Å². The van der Waals surface area contributed by atoms with E-state index < -0.39 is 0 Å². The van der Waals surface area contributed by atoms with Crippen LogP contribution in [0.1, 0.15) is 24.4 Å². The molecule has 1 fully saturated rings. The Labute approximate surface area is 127 Å². The minimum Gasteiger partial charge on any atom is -0.454 e. The van der Waals surface area contributed by atoms with Crippen LogP contribution in [0.4, 0.5) is 0 Å². The molecule has 1 aliphatic carbocycles. The van der Waals surface area contributed by atoms with Crippen molar-refractivity contribution >= 4 is 23.1 Å². The van der Waals surface area contributed by atoms with Gasteiger partial charge in [-0.3, -0.25) is 4.79 Å². The molecule has 0 saturated carbocycles. The average Bonchev–Trinajstić information content (AvgIpc) is 2.93. The summed E-state index contributed by atoms with van der Waals surface area (Å²) < 4.78 is 10.8. The van der Waals surface area contributed by atoms with Crippen LogP contribution >= 0.6 is 12.2 Å². The predicted molar refractivity (Wildman–Crippen MR) is 80.0 cm³/mol. The van der Waals surface area contributed by atoms with Gasteiger partial charge >= 0.3 is 0 Å². The number of ketones is 1. The van der Waals surface area contributed by atoms with Crippen LogP contribution in [0.25, 0.3) is 0 Å². The SMILES string of the molecule is O=C1CCC=C2NC(=S)N[C@@H](c3ccc4c(c3)OCO4)[C@H]12. The van der Waals surface area contributed by atoms with Crippen molar-refractivity contribution in [3.8, 4) is 11.5 Å². The summed E-state index contributed by atoms with van der Waals surface area (Å²) in [4.78, 5) is 12.3. The van der Waals surface area contributed by atoms with E-state index in [1.165, 1.54) is 0 Å². The third-order valence-electron chi connectivity index (χ3n) is 4.07. The lowest BCUT2D eigenvalue weighted by molar-refractivity contribution is -0.123. The van der Waals surface area contributed by atoms with Gasteiger partial charge in [0.25, 0.3) is 0 Å². The van der Waals surface area contributed by atoms with E-state index in [0.29, 0.717) is 17.3 Å². The van der Waals surface area contributed by atoms with Crippen molar-refractivity contribution < 1.29 is 14.3 Å². The monoisotopic (exact) mass is 302 g/mol. The second-order valence-corrected chi connectivity index (χ2v) is 5.74. The minimum absolute atomic E-state index is 0.160. The normalized spacial score (nSPS) is 26.6. The molecule has 1 aromatic carbocycles. The van der Waals surface area contributed by atoms with E-state index >= 15 is 0 Å². The first-order chi connectivity index (χ1) is 10.2. The van der Waals surface area contributed by atoms with Gasteiger partial charge in [-0.1, -0.05) is 12.1 Å². The summed E-state index contributed by atoms with van der Waals surface area (Å²) in [6, 6.07) is 5.60. The number of carbonyl (C=O) groups excluding carboxylic acids is 1. The number of thiocarbonyl (C=S) groups is 1. The fourth-order valence-corrected chi connectivity index (χ4v) is 3.34. The number of allylic oxidation sites excluding steroid dienone is 1. The van der Waals surface area contributed by atoms with Crippen LogP contribution < -0.4 is 20.1 Å². The molecule has 0 spiro atoms. The molecule has 0 radical (unpaired) electrons. The number of rotatable bonds is 1. The highest BCUT2D eigenvalue weighted by molar-refractivity contribution is 7.80. The van der Waals surface area contributed by atoms with E-state index in [9.17, 15) is 4.79 Å². The minimum atomic E-state index is -0.217. The highest BCUT2D eigenvalue weighted by Gasteiger charge is 2.38. The van der Waals surface area contributed by atoms with Crippen molar-refractivity contribution in [2.24, 2.45) is 5.92 Å².